The summed E-state index contributed by atoms with van der Waals surface area (Å²) in [6.07, 6.45) is 4.38. The third-order valence-corrected chi connectivity index (χ3v) is 4.13. The van der Waals surface area contributed by atoms with Crippen LogP contribution in [0.5, 0.6) is 0 Å². The summed E-state index contributed by atoms with van der Waals surface area (Å²) < 4.78 is 0. The molecule has 2 aromatic heterocycles. The van der Waals surface area contributed by atoms with Crippen LogP contribution in [0.25, 0.3) is 0 Å². The predicted molar refractivity (Wildman–Crippen MR) is 102 cm³/mol. The summed E-state index contributed by atoms with van der Waals surface area (Å²) in [5.74, 6) is -0.796. The van der Waals surface area contributed by atoms with E-state index in [9.17, 15) is 9.59 Å². The molecular weight excluding hydrogens is 342 g/mol. The van der Waals surface area contributed by atoms with Gasteiger partial charge in [0.2, 0.25) is 0 Å². The standard InChI is InChI=1S/C20H19N5O2/c1-13(14-6-4-3-5-7-14)17-8-15(9-18(25-17)20(27)21-2)19(26)24-16-10-22-12-23-11-16/h3-13H,1-2H3,(H,21,27)(H,24,26)/t13-/m0/s1. The van der Waals surface area contributed by atoms with Crippen LogP contribution in [0.1, 0.15) is 44.9 Å². The van der Waals surface area contributed by atoms with Gasteiger partial charge in [0.15, 0.2) is 0 Å². The second-order valence-electron chi connectivity index (χ2n) is 5.96. The van der Waals surface area contributed by atoms with E-state index in [4.69, 9.17) is 0 Å². The zero-order valence-electron chi connectivity index (χ0n) is 15.0. The molecule has 7 heteroatoms. The van der Waals surface area contributed by atoms with Crippen LogP contribution >= 0.6 is 0 Å². The fourth-order valence-corrected chi connectivity index (χ4v) is 2.63. The Morgan fingerprint density at radius 1 is 1.00 bits per heavy atom. The molecule has 0 unspecified atom stereocenters. The Morgan fingerprint density at radius 3 is 2.37 bits per heavy atom. The Morgan fingerprint density at radius 2 is 1.70 bits per heavy atom. The van der Waals surface area contributed by atoms with E-state index in [-0.39, 0.29) is 23.4 Å². The number of carbonyl (C=O) groups excluding carboxylic acids is 2. The fraction of sp³-hybridized carbons (Fsp3) is 0.150. The number of nitrogens with one attached hydrogen (secondary N) is 2. The first-order chi connectivity index (χ1) is 13.1. The van der Waals surface area contributed by atoms with Gasteiger partial charge in [0.1, 0.15) is 12.0 Å². The van der Waals surface area contributed by atoms with Gasteiger partial charge in [0.25, 0.3) is 11.8 Å². The van der Waals surface area contributed by atoms with Crippen molar-refractivity contribution in [3.05, 3.63) is 83.7 Å². The predicted octanol–water partition coefficient (Wildman–Crippen LogP) is 2.64. The summed E-state index contributed by atoms with van der Waals surface area (Å²) in [4.78, 5) is 37.0. The minimum atomic E-state index is -0.362. The molecule has 1 aromatic carbocycles. The average molecular weight is 361 g/mol. The van der Waals surface area contributed by atoms with Gasteiger partial charge in [-0.3, -0.25) is 9.59 Å². The summed E-state index contributed by atoms with van der Waals surface area (Å²) in [5, 5.41) is 5.27. The maximum atomic E-state index is 12.7. The number of nitrogens with zero attached hydrogens (tertiary/aromatic N) is 3. The second kappa shape index (κ2) is 8.18. The third kappa shape index (κ3) is 4.33. The molecule has 3 rings (SSSR count). The third-order valence-electron chi connectivity index (χ3n) is 4.13. The van der Waals surface area contributed by atoms with Crippen molar-refractivity contribution in [2.75, 3.05) is 12.4 Å². The van der Waals surface area contributed by atoms with E-state index < -0.39 is 0 Å². The normalized spacial score (nSPS) is 11.5. The van der Waals surface area contributed by atoms with Crippen molar-refractivity contribution in [2.45, 2.75) is 12.8 Å². The maximum absolute atomic E-state index is 12.7. The first-order valence-corrected chi connectivity index (χ1v) is 8.44. The number of amides is 2. The van der Waals surface area contributed by atoms with Crippen LogP contribution in [0.4, 0.5) is 5.69 Å². The molecular formula is C20H19N5O2. The highest BCUT2D eigenvalue weighted by molar-refractivity contribution is 6.05. The van der Waals surface area contributed by atoms with E-state index in [1.165, 1.54) is 31.8 Å². The Hall–Kier alpha value is -3.61. The summed E-state index contributed by atoms with van der Waals surface area (Å²) in [6.45, 7) is 1.98. The van der Waals surface area contributed by atoms with Gasteiger partial charge in [-0.25, -0.2) is 15.0 Å². The number of rotatable bonds is 5. The number of carbonyl (C=O) groups is 2. The quantitative estimate of drug-likeness (QED) is 0.728. The highest BCUT2D eigenvalue weighted by Gasteiger charge is 2.18. The number of hydrogen-bond donors (Lipinski definition) is 2. The summed E-state index contributed by atoms with van der Waals surface area (Å²) in [5.41, 5.74) is 2.68. The van der Waals surface area contributed by atoms with E-state index in [1.54, 1.807) is 6.07 Å². The molecule has 0 aliphatic heterocycles. The lowest BCUT2D eigenvalue weighted by atomic mass is 9.96. The van der Waals surface area contributed by atoms with Crippen LogP contribution in [-0.4, -0.2) is 33.8 Å². The minimum absolute atomic E-state index is 0.0811. The Balaban J connectivity index is 1.98. The lowest BCUT2D eigenvalue weighted by Crippen LogP contribution is -2.22. The van der Waals surface area contributed by atoms with E-state index in [1.807, 2.05) is 37.3 Å². The van der Waals surface area contributed by atoms with E-state index in [0.29, 0.717) is 16.9 Å². The molecule has 0 fully saturated rings. The van der Waals surface area contributed by atoms with Crippen LogP contribution in [0, 0.1) is 0 Å². The SMILES string of the molecule is CNC(=O)c1cc(C(=O)Nc2cncnc2)cc([C@@H](C)c2ccccc2)n1. The highest BCUT2D eigenvalue weighted by Crippen LogP contribution is 2.24. The molecule has 2 amide bonds. The molecule has 0 saturated heterocycles. The first-order valence-electron chi connectivity index (χ1n) is 8.44. The average Bonchev–Trinajstić information content (AvgIpc) is 2.73. The number of benzene rings is 1. The molecule has 0 saturated carbocycles. The second-order valence-corrected chi connectivity index (χ2v) is 5.96. The van der Waals surface area contributed by atoms with Gasteiger partial charge in [-0.1, -0.05) is 37.3 Å². The molecule has 7 nitrogen and oxygen atoms in total. The molecule has 0 bridgehead atoms. The van der Waals surface area contributed by atoms with Crippen molar-refractivity contribution in [3.8, 4) is 0 Å². The molecule has 0 aliphatic carbocycles. The first kappa shape index (κ1) is 18.2. The Bertz CT molecular complexity index is 945. The Labute approximate surface area is 156 Å². The van der Waals surface area contributed by atoms with Gasteiger partial charge in [0.05, 0.1) is 18.1 Å². The maximum Gasteiger partial charge on any atom is 0.269 e. The lowest BCUT2D eigenvalue weighted by molar-refractivity contribution is 0.0958. The van der Waals surface area contributed by atoms with Crippen LogP contribution in [0.2, 0.25) is 0 Å². The van der Waals surface area contributed by atoms with Crippen molar-refractivity contribution in [1.82, 2.24) is 20.3 Å². The van der Waals surface area contributed by atoms with Gasteiger partial charge in [-0.2, -0.15) is 0 Å². The molecule has 2 heterocycles. The highest BCUT2D eigenvalue weighted by atomic mass is 16.2. The van der Waals surface area contributed by atoms with Crippen molar-refractivity contribution < 1.29 is 9.59 Å². The van der Waals surface area contributed by atoms with Crippen molar-refractivity contribution in [2.24, 2.45) is 0 Å². The molecule has 1 atom stereocenters. The molecule has 0 radical (unpaired) electrons. The lowest BCUT2D eigenvalue weighted by Gasteiger charge is -2.14. The summed E-state index contributed by atoms with van der Waals surface area (Å²) in [6, 6.07) is 13.0. The van der Waals surface area contributed by atoms with Crippen LogP contribution in [-0.2, 0) is 0 Å². The van der Waals surface area contributed by atoms with Gasteiger partial charge in [0, 0.05) is 24.2 Å². The zero-order valence-corrected chi connectivity index (χ0v) is 15.0. The molecule has 136 valence electrons. The van der Waals surface area contributed by atoms with Crippen LogP contribution < -0.4 is 10.6 Å². The largest absolute Gasteiger partial charge is 0.354 e. The van der Waals surface area contributed by atoms with Gasteiger partial charge < -0.3 is 10.6 Å². The zero-order chi connectivity index (χ0) is 19.2. The van der Waals surface area contributed by atoms with E-state index in [0.717, 1.165) is 5.56 Å². The van der Waals surface area contributed by atoms with Gasteiger partial charge in [-0.05, 0) is 17.7 Å². The minimum Gasteiger partial charge on any atom is -0.354 e. The summed E-state index contributed by atoms with van der Waals surface area (Å²) >= 11 is 0. The fourth-order valence-electron chi connectivity index (χ4n) is 2.63. The number of pyridine rings is 1. The monoisotopic (exact) mass is 361 g/mol. The number of hydrogen-bond acceptors (Lipinski definition) is 5. The van der Waals surface area contributed by atoms with Gasteiger partial charge >= 0.3 is 0 Å². The van der Waals surface area contributed by atoms with Crippen LogP contribution in [0.3, 0.4) is 0 Å². The van der Waals surface area contributed by atoms with E-state index >= 15 is 0 Å². The van der Waals surface area contributed by atoms with E-state index in [2.05, 4.69) is 25.6 Å². The molecule has 3 aromatic rings. The van der Waals surface area contributed by atoms with Crippen molar-refractivity contribution >= 4 is 17.5 Å². The summed E-state index contributed by atoms with van der Waals surface area (Å²) in [7, 11) is 1.53. The number of anilines is 1. The molecule has 2 N–H and O–H groups in total. The molecule has 0 aliphatic rings. The molecule has 0 spiro atoms. The smallest absolute Gasteiger partial charge is 0.269 e. The number of aromatic nitrogens is 3. The van der Waals surface area contributed by atoms with Gasteiger partial charge in [-0.15, -0.1) is 0 Å². The topological polar surface area (TPSA) is 96.9 Å². The Kier molecular flexibility index (Phi) is 5.51. The molecule has 27 heavy (non-hydrogen) atoms. The van der Waals surface area contributed by atoms with Crippen LogP contribution in [0.15, 0.2) is 61.2 Å². The van der Waals surface area contributed by atoms with Crippen molar-refractivity contribution in [1.29, 1.82) is 0 Å². The van der Waals surface area contributed by atoms with Crippen molar-refractivity contribution in [3.63, 3.8) is 0 Å².